The lowest BCUT2D eigenvalue weighted by molar-refractivity contribution is 0.253. The van der Waals surface area contributed by atoms with Crippen molar-refractivity contribution in [3.8, 4) is 0 Å². The summed E-state index contributed by atoms with van der Waals surface area (Å²) in [4.78, 5) is 11.1. The molecule has 0 amide bonds. The lowest BCUT2D eigenvalue weighted by Gasteiger charge is -2.29. The van der Waals surface area contributed by atoms with Crippen molar-refractivity contribution in [2.75, 3.05) is 31.2 Å². The number of nitrogens with zero attached hydrogens (tertiary/aromatic N) is 3. The summed E-state index contributed by atoms with van der Waals surface area (Å²) in [5.74, 6) is 0.125. The fraction of sp³-hybridized carbons (Fsp3) is 0.429. The third-order valence-corrected chi connectivity index (χ3v) is 10.0. The van der Waals surface area contributed by atoms with Gasteiger partial charge in [-0.2, -0.15) is 0 Å². The fourth-order valence-electron chi connectivity index (χ4n) is 4.48. The third kappa shape index (κ3) is 6.62. The van der Waals surface area contributed by atoms with Crippen LogP contribution in [0.4, 0.5) is 21.7 Å². The second kappa shape index (κ2) is 11.2. The molecule has 0 unspecified atom stereocenters. The van der Waals surface area contributed by atoms with Gasteiger partial charge >= 0.3 is 0 Å². The minimum atomic E-state index is -3.41. The van der Waals surface area contributed by atoms with E-state index in [4.69, 9.17) is 17.3 Å². The summed E-state index contributed by atoms with van der Waals surface area (Å²) in [6.45, 7) is 6.94. The number of sulfone groups is 1. The highest BCUT2D eigenvalue weighted by atomic mass is 35.5. The Morgan fingerprint density at radius 3 is 2.53 bits per heavy atom. The van der Waals surface area contributed by atoms with E-state index in [1.165, 1.54) is 12.3 Å². The number of piperidine rings is 1. The molecule has 0 spiro atoms. The minimum absolute atomic E-state index is 0.158. The van der Waals surface area contributed by atoms with E-state index in [2.05, 4.69) is 27.2 Å². The fourth-order valence-corrected chi connectivity index (χ4v) is 5.82. The third-order valence-electron chi connectivity index (χ3n) is 7.08. The molecule has 4 rings (SSSR count). The number of hydrogen-bond donors (Lipinski definition) is 2. The van der Waals surface area contributed by atoms with Crippen molar-refractivity contribution in [3.05, 3.63) is 75.8 Å². The molecule has 0 saturated carbocycles. The second-order valence-electron chi connectivity index (χ2n) is 11.0. The summed E-state index contributed by atoms with van der Waals surface area (Å²) in [5, 5.41) is 3.47. The summed E-state index contributed by atoms with van der Waals surface area (Å²) in [6, 6.07) is 10.5. The first kappa shape index (κ1) is 28.3. The van der Waals surface area contributed by atoms with Gasteiger partial charge < -0.3 is 16.0 Å². The van der Waals surface area contributed by atoms with Gasteiger partial charge in [-0.15, -0.1) is 0 Å². The molecule has 0 radical (unpaired) electrons. The summed E-state index contributed by atoms with van der Waals surface area (Å²) >= 11 is 6.32. The highest BCUT2D eigenvalue weighted by Crippen LogP contribution is 2.31. The molecule has 3 aromatic rings. The summed E-state index contributed by atoms with van der Waals surface area (Å²) < 4.78 is 39.5. The van der Waals surface area contributed by atoms with Crippen molar-refractivity contribution in [1.82, 2.24) is 14.9 Å². The van der Waals surface area contributed by atoms with Gasteiger partial charge in [-0.3, -0.25) is 0 Å². The topological polar surface area (TPSA) is 101 Å². The molecule has 3 N–H and O–H groups in total. The van der Waals surface area contributed by atoms with Crippen LogP contribution in [0.3, 0.4) is 0 Å². The van der Waals surface area contributed by atoms with Crippen LogP contribution in [0.5, 0.6) is 0 Å². The number of aromatic nitrogens is 2. The number of nitrogens with one attached hydrogen (secondary N) is 1. The first-order chi connectivity index (χ1) is 17.8. The van der Waals surface area contributed by atoms with Crippen LogP contribution in [0.25, 0.3) is 0 Å². The summed E-state index contributed by atoms with van der Waals surface area (Å²) in [7, 11) is -1.32. The second-order valence-corrected chi connectivity index (χ2v) is 14.2. The van der Waals surface area contributed by atoms with Gasteiger partial charge in [-0.25, -0.2) is 22.8 Å². The van der Waals surface area contributed by atoms with Crippen molar-refractivity contribution in [3.63, 3.8) is 0 Å². The Morgan fingerprint density at radius 1 is 1.16 bits per heavy atom. The van der Waals surface area contributed by atoms with Gasteiger partial charge in [0.2, 0.25) is 5.95 Å². The van der Waals surface area contributed by atoms with E-state index in [0.29, 0.717) is 40.0 Å². The Bertz CT molecular complexity index is 1420. The van der Waals surface area contributed by atoms with E-state index < -0.39 is 14.6 Å². The molecule has 2 heterocycles. The molecule has 1 saturated heterocycles. The number of nitrogen functional groups attached to an aromatic ring is 1. The molecule has 0 bridgehead atoms. The smallest absolute Gasteiger partial charge is 0.227 e. The number of anilines is 3. The van der Waals surface area contributed by atoms with Gasteiger partial charge in [0.25, 0.3) is 0 Å². The standard InChI is InChI=1S/C28H35ClFN5O2S/c1-28(2,3)38(36,37)17-20-13-18(5-8-23(20)29)14-26-25(31)16-32-27(34-26)33-21-6-7-22(24(30)15-21)19-9-11-35(4)12-10-19/h5-8,13,15-16,19H,9-12,14,17,31H2,1-4H3,(H,32,33,34). The quantitative estimate of drug-likeness (QED) is 0.382. The molecule has 2 aromatic carbocycles. The van der Waals surface area contributed by atoms with Crippen LogP contribution < -0.4 is 11.1 Å². The van der Waals surface area contributed by atoms with Crippen molar-refractivity contribution in [2.45, 2.75) is 56.5 Å². The van der Waals surface area contributed by atoms with Gasteiger partial charge in [0.15, 0.2) is 9.84 Å². The molecule has 38 heavy (non-hydrogen) atoms. The summed E-state index contributed by atoms with van der Waals surface area (Å²) in [6.07, 6.45) is 3.75. The number of halogens is 2. The average molecular weight is 560 g/mol. The van der Waals surface area contributed by atoms with E-state index in [9.17, 15) is 12.8 Å². The van der Waals surface area contributed by atoms with Gasteiger partial charge in [-0.05, 0) is 94.6 Å². The Labute approximate surface area is 229 Å². The van der Waals surface area contributed by atoms with E-state index in [1.54, 1.807) is 32.9 Å². The van der Waals surface area contributed by atoms with Crippen molar-refractivity contribution in [2.24, 2.45) is 0 Å². The maximum atomic E-state index is 15.0. The van der Waals surface area contributed by atoms with E-state index >= 15 is 0 Å². The van der Waals surface area contributed by atoms with Gasteiger partial charge in [-0.1, -0.05) is 29.8 Å². The van der Waals surface area contributed by atoms with Crippen LogP contribution in [0.2, 0.25) is 5.02 Å². The van der Waals surface area contributed by atoms with Gasteiger partial charge in [0.05, 0.1) is 28.1 Å². The average Bonchev–Trinajstić information content (AvgIpc) is 2.83. The molecule has 10 heteroatoms. The number of rotatable bonds is 7. The van der Waals surface area contributed by atoms with Crippen LogP contribution >= 0.6 is 11.6 Å². The zero-order chi connectivity index (χ0) is 27.7. The van der Waals surface area contributed by atoms with Crippen molar-refractivity contribution in [1.29, 1.82) is 0 Å². The van der Waals surface area contributed by atoms with Crippen LogP contribution in [-0.4, -0.2) is 48.2 Å². The molecule has 204 valence electrons. The SMILES string of the molecule is CN1CCC(c2ccc(Nc3ncc(N)c(Cc4ccc(Cl)c(CS(=O)(=O)C(C)(C)C)c4)n3)cc2F)CC1. The van der Waals surface area contributed by atoms with E-state index in [1.807, 2.05) is 18.2 Å². The Morgan fingerprint density at radius 2 is 1.87 bits per heavy atom. The molecule has 0 aliphatic carbocycles. The van der Waals surface area contributed by atoms with Crippen LogP contribution in [0.15, 0.2) is 42.6 Å². The Kier molecular flexibility index (Phi) is 8.30. The highest BCUT2D eigenvalue weighted by Gasteiger charge is 2.30. The zero-order valence-corrected chi connectivity index (χ0v) is 23.8. The maximum Gasteiger partial charge on any atom is 0.227 e. The molecule has 7 nitrogen and oxygen atoms in total. The summed E-state index contributed by atoms with van der Waals surface area (Å²) in [5.41, 5.74) is 9.77. The molecule has 1 aliphatic heterocycles. The molecular formula is C28H35ClFN5O2S. The van der Waals surface area contributed by atoms with E-state index in [-0.39, 0.29) is 17.5 Å². The lowest BCUT2D eigenvalue weighted by atomic mass is 9.89. The normalized spacial score (nSPS) is 15.5. The molecule has 1 aliphatic rings. The monoisotopic (exact) mass is 559 g/mol. The predicted octanol–water partition coefficient (Wildman–Crippen LogP) is 5.71. The minimum Gasteiger partial charge on any atom is -0.396 e. The van der Waals surface area contributed by atoms with Crippen LogP contribution in [-0.2, 0) is 22.0 Å². The van der Waals surface area contributed by atoms with Crippen molar-refractivity contribution >= 4 is 38.8 Å². The lowest BCUT2D eigenvalue weighted by Crippen LogP contribution is -2.29. The largest absolute Gasteiger partial charge is 0.396 e. The maximum absolute atomic E-state index is 15.0. The van der Waals surface area contributed by atoms with Gasteiger partial charge in [0, 0.05) is 17.1 Å². The van der Waals surface area contributed by atoms with Gasteiger partial charge in [0.1, 0.15) is 5.82 Å². The number of benzene rings is 2. The van der Waals surface area contributed by atoms with Crippen LogP contribution in [0.1, 0.15) is 61.9 Å². The molecular weight excluding hydrogens is 525 g/mol. The first-order valence-electron chi connectivity index (χ1n) is 12.7. The zero-order valence-electron chi connectivity index (χ0n) is 22.3. The van der Waals surface area contributed by atoms with Crippen LogP contribution in [0, 0.1) is 5.82 Å². The number of likely N-dealkylation sites (tertiary alicyclic amines) is 1. The molecule has 0 atom stereocenters. The number of nitrogens with two attached hydrogens (primary N) is 1. The molecule has 1 fully saturated rings. The first-order valence-corrected chi connectivity index (χ1v) is 14.7. The predicted molar refractivity (Wildman–Crippen MR) is 152 cm³/mol. The number of hydrogen-bond acceptors (Lipinski definition) is 7. The van der Waals surface area contributed by atoms with E-state index in [0.717, 1.165) is 37.1 Å². The Hall–Kier alpha value is -2.75. The highest BCUT2D eigenvalue weighted by molar-refractivity contribution is 7.91. The molecule has 1 aromatic heterocycles. The van der Waals surface area contributed by atoms with Crippen molar-refractivity contribution < 1.29 is 12.8 Å². The Balaban J connectivity index is 1.51.